The van der Waals surface area contributed by atoms with Crippen LogP contribution in [0.15, 0.2) is 60.7 Å². The maximum Gasteiger partial charge on any atom is 0.201 e. The lowest BCUT2D eigenvalue weighted by Crippen LogP contribution is -2.25. The summed E-state index contributed by atoms with van der Waals surface area (Å²) in [6, 6.07) is 14.2. The van der Waals surface area contributed by atoms with Gasteiger partial charge in [0.15, 0.2) is 17.4 Å². The van der Waals surface area contributed by atoms with Crippen LogP contribution < -0.4 is 10.1 Å². The lowest BCUT2D eigenvalue weighted by atomic mass is 9.82. The molecule has 0 atom stereocenters. The predicted octanol–water partition coefficient (Wildman–Crippen LogP) is 6.99. The smallest absolute Gasteiger partial charge is 0.201 e. The molecule has 3 N–H and O–H groups in total. The number of phenolic OH excluding ortho intramolecular Hbond substituents is 2. The Morgan fingerprint density at radius 3 is 1.75 bits per heavy atom. The van der Waals surface area contributed by atoms with Crippen LogP contribution in [-0.2, 0) is 0 Å². The quantitative estimate of drug-likeness (QED) is 0.218. The average molecular weight is 528 g/mol. The molecular formula is C26H13Cl2F2NO5. The average Bonchev–Trinajstić information content (AvgIpc) is 2.85. The van der Waals surface area contributed by atoms with Gasteiger partial charge < -0.3 is 20.3 Å². The molecule has 5 rings (SSSR count). The SMILES string of the molecule is O=C1c2c(O)ccc(O)c2C(=O)c2c(F)c(Oc3ccccc3)c(Nc3c(Cl)cccc3Cl)c(F)c21. The maximum atomic E-state index is 16.1. The molecule has 1 aliphatic carbocycles. The molecule has 6 nitrogen and oxygen atoms in total. The molecule has 10 heteroatoms. The zero-order chi connectivity index (χ0) is 25.7. The van der Waals surface area contributed by atoms with E-state index < -0.39 is 68.4 Å². The topological polar surface area (TPSA) is 95.9 Å². The highest BCUT2D eigenvalue weighted by molar-refractivity contribution is 6.39. The molecule has 36 heavy (non-hydrogen) atoms. The first-order chi connectivity index (χ1) is 17.2. The van der Waals surface area contributed by atoms with Crippen molar-refractivity contribution in [1.29, 1.82) is 0 Å². The van der Waals surface area contributed by atoms with Gasteiger partial charge in [0.1, 0.15) is 22.9 Å². The number of ether oxygens (including phenoxy) is 1. The first-order valence-corrected chi connectivity index (χ1v) is 11.1. The van der Waals surface area contributed by atoms with Gasteiger partial charge in [-0.25, -0.2) is 8.78 Å². The van der Waals surface area contributed by atoms with Crippen LogP contribution in [0.1, 0.15) is 31.8 Å². The van der Waals surface area contributed by atoms with Crippen LogP contribution in [0.4, 0.5) is 20.2 Å². The van der Waals surface area contributed by atoms with Crippen LogP contribution in [0, 0.1) is 11.6 Å². The fraction of sp³-hybridized carbons (Fsp3) is 0. The van der Waals surface area contributed by atoms with E-state index in [-0.39, 0.29) is 21.5 Å². The van der Waals surface area contributed by atoms with Crippen LogP contribution in [0.5, 0.6) is 23.0 Å². The number of carbonyl (C=O) groups is 2. The lowest BCUT2D eigenvalue weighted by molar-refractivity contribution is 0.0967. The summed E-state index contributed by atoms with van der Waals surface area (Å²) in [6.07, 6.45) is 0. The van der Waals surface area contributed by atoms with Crippen molar-refractivity contribution in [1.82, 2.24) is 0 Å². The third-order valence-corrected chi connectivity index (χ3v) is 6.21. The number of ketones is 2. The third-order valence-electron chi connectivity index (χ3n) is 5.58. The van der Waals surface area contributed by atoms with E-state index in [9.17, 15) is 19.8 Å². The third kappa shape index (κ3) is 3.62. The number of anilines is 2. The number of halogens is 4. The fourth-order valence-corrected chi connectivity index (χ4v) is 4.43. The molecular weight excluding hydrogens is 515 g/mol. The molecule has 0 aromatic heterocycles. The van der Waals surface area contributed by atoms with Crippen molar-refractivity contribution in [3.63, 3.8) is 0 Å². The number of para-hydroxylation sites is 2. The van der Waals surface area contributed by atoms with Gasteiger partial charge in [0.25, 0.3) is 0 Å². The first-order valence-electron chi connectivity index (χ1n) is 10.3. The lowest BCUT2D eigenvalue weighted by Gasteiger charge is -2.24. The molecule has 0 unspecified atom stereocenters. The Hall–Kier alpha value is -4.14. The summed E-state index contributed by atoms with van der Waals surface area (Å²) in [7, 11) is 0. The molecule has 0 heterocycles. The number of phenols is 2. The van der Waals surface area contributed by atoms with Crippen molar-refractivity contribution < 1.29 is 33.3 Å². The summed E-state index contributed by atoms with van der Waals surface area (Å²) in [5.74, 6) is -7.14. The van der Waals surface area contributed by atoms with Crippen molar-refractivity contribution in [3.8, 4) is 23.0 Å². The molecule has 0 saturated heterocycles. The summed E-state index contributed by atoms with van der Waals surface area (Å²) in [4.78, 5) is 26.5. The monoisotopic (exact) mass is 527 g/mol. The second-order valence-corrected chi connectivity index (χ2v) is 8.55. The van der Waals surface area contributed by atoms with Gasteiger partial charge in [0.2, 0.25) is 11.6 Å². The molecule has 0 saturated carbocycles. The van der Waals surface area contributed by atoms with Crippen molar-refractivity contribution in [2.24, 2.45) is 0 Å². The van der Waals surface area contributed by atoms with E-state index in [1.165, 1.54) is 30.3 Å². The number of aromatic hydroxyl groups is 2. The van der Waals surface area contributed by atoms with Gasteiger partial charge in [-0.15, -0.1) is 0 Å². The molecule has 1 aliphatic rings. The Balaban J connectivity index is 1.81. The van der Waals surface area contributed by atoms with Gasteiger partial charge in [0.05, 0.1) is 38.0 Å². The Labute approximate surface area is 212 Å². The number of benzene rings is 4. The Kier molecular flexibility index (Phi) is 5.78. The van der Waals surface area contributed by atoms with Crippen LogP contribution in [0.3, 0.4) is 0 Å². The Morgan fingerprint density at radius 2 is 1.19 bits per heavy atom. The second kappa shape index (κ2) is 8.82. The Bertz CT molecular complexity index is 1570. The van der Waals surface area contributed by atoms with E-state index in [0.717, 1.165) is 12.1 Å². The van der Waals surface area contributed by atoms with Crippen molar-refractivity contribution in [2.75, 3.05) is 5.32 Å². The molecule has 180 valence electrons. The highest BCUT2D eigenvalue weighted by Gasteiger charge is 2.42. The summed E-state index contributed by atoms with van der Waals surface area (Å²) in [5.41, 5.74) is -3.86. The zero-order valence-electron chi connectivity index (χ0n) is 17.9. The fourth-order valence-electron chi connectivity index (χ4n) is 3.94. The molecule has 0 fully saturated rings. The second-order valence-electron chi connectivity index (χ2n) is 7.73. The molecule has 0 amide bonds. The van der Waals surface area contributed by atoms with Gasteiger partial charge in [-0.2, -0.15) is 0 Å². The molecule has 0 bridgehead atoms. The standard InChI is InChI=1S/C26H13Cl2F2NO5/c27-12-7-4-8-13(28)22(12)31-23-20(29)18-19(21(30)26(23)36-11-5-2-1-3-6-11)25(35)17-15(33)10-9-14(32)16(17)24(18)34/h1-10,31-33H. The summed E-state index contributed by atoms with van der Waals surface area (Å²) in [5, 5.41) is 23.1. The van der Waals surface area contributed by atoms with Crippen LogP contribution in [0.25, 0.3) is 0 Å². The summed E-state index contributed by atoms with van der Waals surface area (Å²) in [6.45, 7) is 0. The zero-order valence-corrected chi connectivity index (χ0v) is 19.4. The minimum absolute atomic E-state index is 0.00697. The van der Waals surface area contributed by atoms with E-state index in [1.807, 2.05) is 0 Å². The minimum atomic E-state index is -1.37. The maximum absolute atomic E-state index is 16.1. The molecule has 0 radical (unpaired) electrons. The van der Waals surface area contributed by atoms with Crippen LogP contribution >= 0.6 is 23.2 Å². The number of nitrogens with one attached hydrogen (secondary N) is 1. The summed E-state index contributed by atoms with van der Waals surface area (Å²) < 4.78 is 37.7. The number of hydrogen-bond donors (Lipinski definition) is 3. The summed E-state index contributed by atoms with van der Waals surface area (Å²) >= 11 is 12.4. The van der Waals surface area contributed by atoms with E-state index in [4.69, 9.17) is 27.9 Å². The van der Waals surface area contributed by atoms with E-state index >= 15 is 8.78 Å². The van der Waals surface area contributed by atoms with E-state index in [0.29, 0.717) is 0 Å². The molecule has 0 spiro atoms. The van der Waals surface area contributed by atoms with Crippen molar-refractivity contribution in [2.45, 2.75) is 0 Å². The van der Waals surface area contributed by atoms with Gasteiger partial charge in [-0.3, -0.25) is 9.59 Å². The van der Waals surface area contributed by atoms with E-state index in [1.54, 1.807) is 18.2 Å². The van der Waals surface area contributed by atoms with E-state index in [2.05, 4.69) is 5.32 Å². The van der Waals surface area contributed by atoms with Crippen LogP contribution in [-0.4, -0.2) is 21.8 Å². The largest absolute Gasteiger partial charge is 0.507 e. The van der Waals surface area contributed by atoms with Gasteiger partial charge in [-0.05, 0) is 36.4 Å². The number of fused-ring (bicyclic) bond motifs is 2. The number of carbonyl (C=O) groups excluding carboxylic acids is 2. The molecule has 4 aromatic carbocycles. The normalized spacial score (nSPS) is 12.2. The Morgan fingerprint density at radius 1 is 0.667 bits per heavy atom. The molecule has 0 aliphatic heterocycles. The van der Waals surface area contributed by atoms with Crippen LogP contribution in [0.2, 0.25) is 10.0 Å². The first kappa shape index (κ1) is 23.6. The van der Waals surface area contributed by atoms with Gasteiger partial charge in [-0.1, -0.05) is 47.5 Å². The highest BCUT2D eigenvalue weighted by Crippen LogP contribution is 2.47. The highest BCUT2D eigenvalue weighted by atomic mass is 35.5. The minimum Gasteiger partial charge on any atom is -0.507 e. The number of hydrogen-bond acceptors (Lipinski definition) is 6. The van der Waals surface area contributed by atoms with Crippen molar-refractivity contribution in [3.05, 3.63) is 105 Å². The van der Waals surface area contributed by atoms with Crippen molar-refractivity contribution >= 4 is 46.1 Å². The van der Waals surface area contributed by atoms with Gasteiger partial charge >= 0.3 is 0 Å². The molecule has 4 aromatic rings. The predicted molar refractivity (Wildman–Crippen MR) is 129 cm³/mol. The number of rotatable bonds is 4. The van der Waals surface area contributed by atoms with Gasteiger partial charge in [0, 0.05) is 0 Å².